The summed E-state index contributed by atoms with van der Waals surface area (Å²) >= 11 is 0. The van der Waals surface area contributed by atoms with Crippen LogP contribution in [0.25, 0.3) is 11.6 Å². The minimum absolute atomic E-state index is 0.231. The van der Waals surface area contributed by atoms with Gasteiger partial charge in [0.25, 0.3) is 0 Å². The number of methoxy groups -OCH3 is 3. The predicted molar refractivity (Wildman–Crippen MR) is 109 cm³/mol. The summed E-state index contributed by atoms with van der Waals surface area (Å²) in [5.41, 5.74) is 2.16. The van der Waals surface area contributed by atoms with Crippen molar-refractivity contribution < 1.29 is 18.9 Å². The monoisotopic (exact) mass is 379 g/mol. The molecule has 3 rings (SSSR count). The summed E-state index contributed by atoms with van der Waals surface area (Å²) < 4.78 is 22.2. The van der Waals surface area contributed by atoms with E-state index in [1.165, 1.54) is 12.8 Å². The molecule has 0 saturated heterocycles. The lowest BCUT2D eigenvalue weighted by molar-refractivity contribution is 0.201. The van der Waals surface area contributed by atoms with E-state index >= 15 is 0 Å². The summed E-state index contributed by atoms with van der Waals surface area (Å²) in [7, 11) is 4.80. The number of nitriles is 1. The van der Waals surface area contributed by atoms with Crippen LogP contribution in [0.15, 0.2) is 36.4 Å². The minimum Gasteiger partial charge on any atom is -0.493 e. The number of rotatable bonds is 7. The molecule has 0 heterocycles. The maximum atomic E-state index is 9.68. The lowest BCUT2D eigenvalue weighted by atomic mass is 10.0. The first-order chi connectivity index (χ1) is 13.7. The van der Waals surface area contributed by atoms with E-state index in [4.69, 9.17) is 18.9 Å². The Morgan fingerprint density at radius 1 is 0.893 bits per heavy atom. The van der Waals surface area contributed by atoms with Crippen molar-refractivity contribution >= 4 is 11.6 Å². The van der Waals surface area contributed by atoms with Gasteiger partial charge >= 0.3 is 0 Å². The van der Waals surface area contributed by atoms with Gasteiger partial charge in [-0.25, -0.2) is 0 Å². The van der Waals surface area contributed by atoms with Crippen molar-refractivity contribution in [1.29, 1.82) is 5.26 Å². The molecule has 1 aliphatic carbocycles. The molecule has 0 atom stereocenters. The molecule has 146 valence electrons. The quantitative estimate of drug-likeness (QED) is 0.495. The lowest BCUT2D eigenvalue weighted by Crippen LogP contribution is -2.11. The van der Waals surface area contributed by atoms with Crippen LogP contribution in [-0.2, 0) is 0 Å². The molecule has 28 heavy (non-hydrogen) atoms. The highest BCUT2D eigenvalue weighted by Gasteiger charge is 2.18. The molecule has 5 heteroatoms. The van der Waals surface area contributed by atoms with Crippen molar-refractivity contribution in [2.75, 3.05) is 21.3 Å². The summed E-state index contributed by atoms with van der Waals surface area (Å²) in [6, 6.07) is 13.4. The Balaban J connectivity index is 1.93. The third-order valence-electron chi connectivity index (χ3n) is 4.91. The van der Waals surface area contributed by atoms with Crippen LogP contribution in [0.5, 0.6) is 23.0 Å². The average molecular weight is 379 g/mol. The number of allylic oxidation sites excluding steroid dienone is 1. The molecule has 0 aliphatic heterocycles. The van der Waals surface area contributed by atoms with E-state index in [0.29, 0.717) is 28.6 Å². The molecule has 5 nitrogen and oxygen atoms in total. The summed E-state index contributed by atoms with van der Waals surface area (Å²) in [5.74, 6) is 2.63. The van der Waals surface area contributed by atoms with E-state index in [1.54, 1.807) is 33.5 Å². The SMILES string of the molecule is COc1ccc(C(C#N)=Cc2ccc(OC)c(OC3CCCC3)c2)cc1OC. The van der Waals surface area contributed by atoms with Crippen LogP contribution < -0.4 is 18.9 Å². The largest absolute Gasteiger partial charge is 0.493 e. The fourth-order valence-electron chi connectivity index (χ4n) is 3.41. The van der Waals surface area contributed by atoms with Crippen LogP contribution in [0.3, 0.4) is 0 Å². The third kappa shape index (κ3) is 4.40. The number of ether oxygens (including phenoxy) is 4. The Morgan fingerprint density at radius 2 is 1.54 bits per heavy atom. The lowest BCUT2D eigenvalue weighted by Gasteiger charge is -2.16. The van der Waals surface area contributed by atoms with Crippen LogP contribution in [0, 0.1) is 11.3 Å². The van der Waals surface area contributed by atoms with E-state index in [9.17, 15) is 5.26 Å². The van der Waals surface area contributed by atoms with Gasteiger partial charge in [-0.2, -0.15) is 5.26 Å². The normalized spacial score (nSPS) is 14.4. The number of hydrogen-bond acceptors (Lipinski definition) is 5. The fourth-order valence-corrected chi connectivity index (χ4v) is 3.41. The molecule has 0 N–H and O–H groups in total. The van der Waals surface area contributed by atoms with E-state index in [0.717, 1.165) is 24.0 Å². The Kier molecular flexibility index (Phi) is 6.44. The molecular weight excluding hydrogens is 354 g/mol. The molecule has 1 aliphatic rings. The summed E-state index contributed by atoms with van der Waals surface area (Å²) in [6.45, 7) is 0. The fraction of sp³-hybridized carbons (Fsp3) is 0.348. The van der Waals surface area contributed by atoms with Gasteiger partial charge in [0, 0.05) is 0 Å². The maximum absolute atomic E-state index is 9.68. The topological polar surface area (TPSA) is 60.7 Å². The Bertz CT molecular complexity index is 892. The highest BCUT2D eigenvalue weighted by Crippen LogP contribution is 2.34. The van der Waals surface area contributed by atoms with Gasteiger partial charge in [-0.15, -0.1) is 0 Å². The van der Waals surface area contributed by atoms with E-state index in [1.807, 2.05) is 30.3 Å². The van der Waals surface area contributed by atoms with Gasteiger partial charge in [0.05, 0.1) is 39.1 Å². The Hall–Kier alpha value is -3.13. The van der Waals surface area contributed by atoms with E-state index in [2.05, 4.69) is 6.07 Å². The number of benzene rings is 2. The van der Waals surface area contributed by atoms with Gasteiger partial charge in [-0.1, -0.05) is 6.07 Å². The summed E-state index contributed by atoms with van der Waals surface area (Å²) in [6.07, 6.45) is 6.60. The zero-order chi connectivity index (χ0) is 19.9. The van der Waals surface area contributed by atoms with Gasteiger partial charge < -0.3 is 18.9 Å². The van der Waals surface area contributed by atoms with Gasteiger partial charge in [-0.3, -0.25) is 0 Å². The first kappa shape index (κ1) is 19.6. The average Bonchev–Trinajstić information content (AvgIpc) is 3.24. The first-order valence-corrected chi connectivity index (χ1v) is 9.37. The van der Waals surface area contributed by atoms with E-state index in [-0.39, 0.29) is 6.10 Å². The number of nitrogens with zero attached hydrogens (tertiary/aromatic N) is 1. The molecule has 0 bridgehead atoms. The molecule has 0 unspecified atom stereocenters. The van der Waals surface area contributed by atoms with Crippen molar-refractivity contribution in [2.45, 2.75) is 31.8 Å². The summed E-state index contributed by atoms with van der Waals surface area (Å²) in [4.78, 5) is 0. The van der Waals surface area contributed by atoms with Crippen LogP contribution in [0.1, 0.15) is 36.8 Å². The van der Waals surface area contributed by atoms with Crippen molar-refractivity contribution in [3.63, 3.8) is 0 Å². The van der Waals surface area contributed by atoms with E-state index < -0.39 is 0 Å². The molecule has 1 saturated carbocycles. The van der Waals surface area contributed by atoms with Gasteiger partial charge in [0.2, 0.25) is 0 Å². The van der Waals surface area contributed by atoms with Crippen molar-refractivity contribution in [3.8, 4) is 29.1 Å². The molecule has 0 spiro atoms. The van der Waals surface area contributed by atoms with Crippen LogP contribution in [0.2, 0.25) is 0 Å². The van der Waals surface area contributed by atoms with Crippen molar-refractivity contribution in [2.24, 2.45) is 0 Å². The predicted octanol–water partition coefficient (Wildman–Crippen LogP) is 5.10. The molecule has 2 aromatic rings. The van der Waals surface area contributed by atoms with Gasteiger partial charge in [-0.05, 0) is 73.2 Å². The molecule has 0 radical (unpaired) electrons. The van der Waals surface area contributed by atoms with Crippen LogP contribution in [-0.4, -0.2) is 27.4 Å². The zero-order valence-corrected chi connectivity index (χ0v) is 16.5. The maximum Gasteiger partial charge on any atom is 0.162 e. The molecular formula is C23H25NO4. The van der Waals surface area contributed by atoms with Crippen molar-refractivity contribution in [1.82, 2.24) is 0 Å². The Morgan fingerprint density at radius 3 is 2.18 bits per heavy atom. The second-order valence-corrected chi connectivity index (χ2v) is 6.67. The van der Waals surface area contributed by atoms with Crippen LogP contribution >= 0.6 is 0 Å². The van der Waals surface area contributed by atoms with Crippen LogP contribution in [0.4, 0.5) is 0 Å². The second-order valence-electron chi connectivity index (χ2n) is 6.67. The second kappa shape index (κ2) is 9.18. The first-order valence-electron chi connectivity index (χ1n) is 9.37. The Labute approximate surface area is 166 Å². The third-order valence-corrected chi connectivity index (χ3v) is 4.91. The van der Waals surface area contributed by atoms with Gasteiger partial charge in [0.15, 0.2) is 23.0 Å². The minimum atomic E-state index is 0.231. The highest BCUT2D eigenvalue weighted by molar-refractivity contribution is 5.90. The van der Waals surface area contributed by atoms with Gasteiger partial charge in [0.1, 0.15) is 0 Å². The smallest absolute Gasteiger partial charge is 0.162 e. The molecule has 0 aromatic heterocycles. The summed E-state index contributed by atoms with van der Waals surface area (Å²) in [5, 5.41) is 9.68. The molecule has 2 aromatic carbocycles. The standard InChI is InChI=1S/C23H25NO4/c1-25-20-11-9-17(14-22(20)27-3)18(15-24)12-16-8-10-21(26-2)23(13-16)28-19-6-4-5-7-19/h8-14,19H,4-7H2,1-3H3. The number of hydrogen-bond donors (Lipinski definition) is 0. The zero-order valence-electron chi connectivity index (χ0n) is 16.5. The molecule has 0 amide bonds. The van der Waals surface area contributed by atoms with Crippen molar-refractivity contribution in [3.05, 3.63) is 47.5 Å². The molecule has 1 fully saturated rings. The highest BCUT2D eigenvalue weighted by atomic mass is 16.5.